The molecular formula is C23H29N3O3S. The molecule has 0 atom stereocenters. The van der Waals surface area contributed by atoms with Crippen LogP contribution in [0.3, 0.4) is 0 Å². The summed E-state index contributed by atoms with van der Waals surface area (Å²) < 4.78 is 5.32. The number of thiophene rings is 1. The number of nitrogens with one attached hydrogen (secondary N) is 1. The number of carbonyl (C=O) groups excluding carboxylic acids is 2. The largest absolute Gasteiger partial charge is 0.462 e. The zero-order valence-corrected chi connectivity index (χ0v) is 18.7. The lowest BCUT2D eigenvalue weighted by Crippen LogP contribution is -2.35. The van der Waals surface area contributed by atoms with Crippen molar-refractivity contribution >= 4 is 33.9 Å². The molecule has 1 aromatic carbocycles. The molecule has 160 valence electrons. The predicted octanol–water partition coefficient (Wildman–Crippen LogP) is 3.69. The fourth-order valence-corrected chi connectivity index (χ4v) is 5.56. The maximum absolute atomic E-state index is 12.9. The molecular weight excluding hydrogens is 398 g/mol. The van der Waals surface area contributed by atoms with Gasteiger partial charge in [0.15, 0.2) is 0 Å². The number of nitrogens with zero attached hydrogens (tertiary/aromatic N) is 2. The Morgan fingerprint density at radius 3 is 2.77 bits per heavy atom. The summed E-state index contributed by atoms with van der Waals surface area (Å²) >= 11 is 1.52. The van der Waals surface area contributed by atoms with Crippen molar-refractivity contribution < 1.29 is 14.3 Å². The van der Waals surface area contributed by atoms with E-state index in [0.29, 0.717) is 23.2 Å². The number of ether oxygens (including phenoxy) is 1. The lowest BCUT2D eigenvalue weighted by atomic mass is 10.0. The molecule has 30 heavy (non-hydrogen) atoms. The molecule has 0 unspecified atom stereocenters. The van der Waals surface area contributed by atoms with E-state index in [9.17, 15) is 9.59 Å². The number of benzene rings is 1. The Bertz CT molecular complexity index is 953. The molecule has 1 N–H and O–H groups in total. The van der Waals surface area contributed by atoms with Crippen LogP contribution in [0.25, 0.3) is 0 Å². The van der Waals surface area contributed by atoms with Crippen molar-refractivity contribution in [2.24, 2.45) is 0 Å². The first-order valence-electron chi connectivity index (χ1n) is 10.7. The molecule has 0 saturated heterocycles. The van der Waals surface area contributed by atoms with Crippen molar-refractivity contribution in [3.63, 3.8) is 0 Å². The van der Waals surface area contributed by atoms with Gasteiger partial charge in [-0.1, -0.05) is 18.2 Å². The number of anilines is 2. The van der Waals surface area contributed by atoms with Gasteiger partial charge in [-0.2, -0.15) is 0 Å². The zero-order chi connectivity index (χ0) is 21.3. The molecule has 0 spiro atoms. The van der Waals surface area contributed by atoms with Gasteiger partial charge in [-0.25, -0.2) is 4.79 Å². The standard InChI is InChI=1S/C23H29N3O3S/c1-4-29-23(28)21-17-10-12-25(15(2)3)13-19(17)30-22(21)24-20(27)14-26-11-9-16-7-5-6-8-18(16)26/h5-8,15H,4,9-14H2,1-3H3,(H,24,27). The number of hydrogen-bond acceptors (Lipinski definition) is 6. The molecule has 3 heterocycles. The number of esters is 1. The van der Waals surface area contributed by atoms with Crippen LogP contribution < -0.4 is 10.2 Å². The van der Waals surface area contributed by atoms with E-state index in [1.807, 2.05) is 12.1 Å². The van der Waals surface area contributed by atoms with E-state index in [-0.39, 0.29) is 18.4 Å². The minimum atomic E-state index is -0.338. The first kappa shape index (κ1) is 20.9. The van der Waals surface area contributed by atoms with Gasteiger partial charge < -0.3 is 15.0 Å². The van der Waals surface area contributed by atoms with Crippen molar-refractivity contribution in [3.8, 4) is 0 Å². The van der Waals surface area contributed by atoms with Crippen LogP contribution in [0.15, 0.2) is 24.3 Å². The molecule has 0 radical (unpaired) electrons. The average Bonchev–Trinajstić information content (AvgIpc) is 3.28. The van der Waals surface area contributed by atoms with Gasteiger partial charge in [0.05, 0.1) is 18.7 Å². The van der Waals surface area contributed by atoms with E-state index in [1.165, 1.54) is 16.9 Å². The summed E-state index contributed by atoms with van der Waals surface area (Å²) in [4.78, 5) is 31.2. The van der Waals surface area contributed by atoms with Crippen LogP contribution in [-0.4, -0.2) is 49.1 Å². The predicted molar refractivity (Wildman–Crippen MR) is 121 cm³/mol. The Hall–Kier alpha value is -2.38. The van der Waals surface area contributed by atoms with Gasteiger partial charge in [0.1, 0.15) is 5.00 Å². The van der Waals surface area contributed by atoms with Crippen molar-refractivity contribution in [1.82, 2.24) is 4.90 Å². The van der Waals surface area contributed by atoms with E-state index in [4.69, 9.17) is 4.74 Å². The number of fused-ring (bicyclic) bond motifs is 2. The highest BCUT2D eigenvalue weighted by molar-refractivity contribution is 7.17. The molecule has 2 aromatic rings. The topological polar surface area (TPSA) is 61.9 Å². The Balaban J connectivity index is 1.54. The molecule has 1 amide bonds. The lowest BCUT2D eigenvalue weighted by molar-refractivity contribution is -0.114. The summed E-state index contributed by atoms with van der Waals surface area (Å²) in [5.74, 6) is -0.439. The Labute approximate surface area is 181 Å². The van der Waals surface area contributed by atoms with Gasteiger partial charge in [0.2, 0.25) is 5.91 Å². The summed E-state index contributed by atoms with van der Waals surface area (Å²) in [6.07, 6.45) is 1.75. The fraction of sp³-hybridized carbons (Fsp3) is 0.478. The van der Waals surface area contributed by atoms with Crippen molar-refractivity contribution in [1.29, 1.82) is 0 Å². The normalized spacial score (nSPS) is 15.8. The molecule has 4 rings (SSSR count). The van der Waals surface area contributed by atoms with Gasteiger partial charge in [-0.15, -0.1) is 11.3 Å². The second kappa shape index (κ2) is 8.78. The summed E-state index contributed by atoms with van der Waals surface area (Å²) in [6, 6.07) is 8.65. The van der Waals surface area contributed by atoms with Gasteiger partial charge in [-0.05, 0) is 50.8 Å². The number of carbonyl (C=O) groups is 2. The summed E-state index contributed by atoms with van der Waals surface area (Å²) in [5.41, 5.74) is 3.99. The van der Waals surface area contributed by atoms with E-state index in [2.05, 4.69) is 41.1 Å². The molecule has 6 nitrogen and oxygen atoms in total. The average molecular weight is 428 g/mol. The van der Waals surface area contributed by atoms with E-state index in [1.54, 1.807) is 6.92 Å². The van der Waals surface area contributed by atoms with Gasteiger partial charge in [0, 0.05) is 36.2 Å². The molecule has 2 aliphatic heterocycles. The Kier molecular flexibility index (Phi) is 6.11. The summed E-state index contributed by atoms with van der Waals surface area (Å²) in [7, 11) is 0. The molecule has 0 fully saturated rings. The van der Waals surface area contributed by atoms with Crippen LogP contribution in [0.2, 0.25) is 0 Å². The van der Waals surface area contributed by atoms with Crippen LogP contribution in [0, 0.1) is 0 Å². The lowest BCUT2D eigenvalue weighted by Gasteiger charge is -2.30. The molecule has 0 saturated carbocycles. The molecule has 1 aromatic heterocycles. The van der Waals surface area contributed by atoms with E-state index >= 15 is 0 Å². The summed E-state index contributed by atoms with van der Waals surface area (Å²) in [5, 5.41) is 3.65. The third-order valence-corrected chi connectivity index (χ3v) is 7.00. The van der Waals surface area contributed by atoms with E-state index < -0.39 is 0 Å². The Morgan fingerprint density at radius 2 is 2.00 bits per heavy atom. The van der Waals surface area contributed by atoms with Crippen molar-refractivity contribution in [2.75, 3.05) is 36.5 Å². The van der Waals surface area contributed by atoms with Crippen LogP contribution in [0.1, 0.15) is 47.1 Å². The van der Waals surface area contributed by atoms with Crippen LogP contribution in [-0.2, 0) is 28.9 Å². The zero-order valence-electron chi connectivity index (χ0n) is 17.9. The number of rotatable bonds is 6. The maximum atomic E-state index is 12.9. The molecule has 0 aliphatic carbocycles. The van der Waals surface area contributed by atoms with Crippen LogP contribution in [0.4, 0.5) is 10.7 Å². The molecule has 7 heteroatoms. The van der Waals surface area contributed by atoms with Crippen molar-refractivity contribution in [2.45, 2.75) is 46.2 Å². The first-order valence-corrected chi connectivity index (χ1v) is 11.5. The van der Waals surface area contributed by atoms with Gasteiger partial charge >= 0.3 is 5.97 Å². The second-order valence-electron chi connectivity index (χ2n) is 8.09. The summed E-state index contributed by atoms with van der Waals surface area (Å²) in [6.45, 7) is 9.32. The highest BCUT2D eigenvalue weighted by Crippen LogP contribution is 2.38. The maximum Gasteiger partial charge on any atom is 0.341 e. The third-order valence-electron chi connectivity index (χ3n) is 5.87. The quantitative estimate of drug-likeness (QED) is 0.713. The first-order chi connectivity index (χ1) is 14.5. The molecule has 0 bridgehead atoms. The SMILES string of the molecule is CCOC(=O)c1c(NC(=O)CN2CCc3ccccc32)sc2c1CCN(C(C)C)C2. The third kappa shape index (κ3) is 4.09. The van der Waals surface area contributed by atoms with Crippen molar-refractivity contribution in [3.05, 3.63) is 45.8 Å². The number of hydrogen-bond donors (Lipinski definition) is 1. The molecule has 2 aliphatic rings. The van der Waals surface area contributed by atoms with Crippen LogP contribution >= 0.6 is 11.3 Å². The minimum Gasteiger partial charge on any atom is -0.462 e. The minimum absolute atomic E-state index is 0.100. The second-order valence-corrected chi connectivity index (χ2v) is 9.20. The number of amides is 1. The van der Waals surface area contributed by atoms with Crippen LogP contribution in [0.5, 0.6) is 0 Å². The van der Waals surface area contributed by atoms with Gasteiger partial charge in [0.25, 0.3) is 0 Å². The fourth-order valence-electron chi connectivity index (χ4n) is 4.28. The van der Waals surface area contributed by atoms with E-state index in [0.717, 1.165) is 48.6 Å². The Morgan fingerprint density at radius 1 is 1.20 bits per heavy atom. The highest BCUT2D eigenvalue weighted by Gasteiger charge is 2.30. The number of para-hydroxylation sites is 1. The smallest absolute Gasteiger partial charge is 0.341 e. The highest BCUT2D eigenvalue weighted by atomic mass is 32.1. The van der Waals surface area contributed by atoms with Gasteiger partial charge in [-0.3, -0.25) is 9.69 Å². The monoisotopic (exact) mass is 427 g/mol.